The van der Waals surface area contributed by atoms with E-state index >= 15 is 0 Å². The average Bonchev–Trinajstić information content (AvgIpc) is 2.67. The second-order valence-corrected chi connectivity index (χ2v) is 7.09. The van der Waals surface area contributed by atoms with Gasteiger partial charge in [0.05, 0.1) is 12.3 Å². The summed E-state index contributed by atoms with van der Waals surface area (Å²) in [6.45, 7) is 6.68. The number of anilines is 1. The number of ether oxygens (including phenoxy) is 1. The van der Waals surface area contributed by atoms with Gasteiger partial charge in [-0.15, -0.1) is 0 Å². The largest absolute Gasteiger partial charge is 0.494 e. The molecule has 0 aromatic heterocycles. The molecule has 0 atom stereocenters. The van der Waals surface area contributed by atoms with Gasteiger partial charge < -0.3 is 4.74 Å². The topological polar surface area (TPSA) is 58.6 Å². The van der Waals surface area contributed by atoms with Crippen LogP contribution in [-0.4, -0.2) is 23.5 Å². The van der Waals surface area contributed by atoms with Crippen molar-refractivity contribution in [2.24, 2.45) is 0 Å². The standard InChI is InChI=1S/C22H22N2O3S/c1-4-27-18-11-9-17(10-12-18)24-21(26)19(20(25)23-22(24)28)13-15-5-7-16(8-6-15)14(2)3/h5-14H,4H2,1-3H3,(H,23,25,28). The minimum Gasteiger partial charge on any atom is -0.494 e. The fourth-order valence-electron chi connectivity index (χ4n) is 2.89. The number of carbonyl (C=O) groups is 2. The van der Waals surface area contributed by atoms with Crippen molar-refractivity contribution >= 4 is 40.9 Å². The van der Waals surface area contributed by atoms with Crippen molar-refractivity contribution in [3.63, 3.8) is 0 Å². The van der Waals surface area contributed by atoms with E-state index in [2.05, 4.69) is 19.2 Å². The van der Waals surface area contributed by atoms with E-state index in [0.29, 0.717) is 24.0 Å². The molecule has 2 amide bonds. The molecule has 6 heteroatoms. The van der Waals surface area contributed by atoms with Crippen molar-refractivity contribution in [2.75, 3.05) is 11.5 Å². The summed E-state index contributed by atoms with van der Waals surface area (Å²) in [4.78, 5) is 26.7. The highest BCUT2D eigenvalue weighted by Gasteiger charge is 2.34. The van der Waals surface area contributed by atoms with Crippen molar-refractivity contribution in [3.05, 3.63) is 65.2 Å². The number of hydrogen-bond donors (Lipinski definition) is 1. The second-order valence-electron chi connectivity index (χ2n) is 6.71. The first-order valence-corrected chi connectivity index (χ1v) is 9.55. The van der Waals surface area contributed by atoms with Crippen LogP contribution >= 0.6 is 12.2 Å². The van der Waals surface area contributed by atoms with Crippen LogP contribution < -0.4 is 15.0 Å². The molecule has 1 fully saturated rings. The minimum atomic E-state index is -0.495. The van der Waals surface area contributed by atoms with Gasteiger partial charge in [-0.3, -0.25) is 19.8 Å². The summed E-state index contributed by atoms with van der Waals surface area (Å²) >= 11 is 5.23. The Morgan fingerprint density at radius 2 is 1.71 bits per heavy atom. The van der Waals surface area contributed by atoms with E-state index in [9.17, 15) is 9.59 Å². The van der Waals surface area contributed by atoms with Gasteiger partial charge in [-0.2, -0.15) is 0 Å². The zero-order valence-corrected chi connectivity index (χ0v) is 16.9. The Morgan fingerprint density at radius 1 is 1.07 bits per heavy atom. The van der Waals surface area contributed by atoms with E-state index in [0.717, 1.165) is 5.56 Å². The molecule has 0 radical (unpaired) electrons. The van der Waals surface area contributed by atoms with Crippen LogP contribution in [0.1, 0.15) is 37.8 Å². The lowest BCUT2D eigenvalue weighted by Crippen LogP contribution is -2.54. The lowest BCUT2D eigenvalue weighted by molar-refractivity contribution is -0.122. The van der Waals surface area contributed by atoms with Gasteiger partial charge in [0.1, 0.15) is 11.3 Å². The van der Waals surface area contributed by atoms with Crippen LogP contribution in [0.15, 0.2) is 54.1 Å². The van der Waals surface area contributed by atoms with Gasteiger partial charge >= 0.3 is 0 Å². The normalized spacial score (nSPS) is 15.9. The summed E-state index contributed by atoms with van der Waals surface area (Å²) in [6.07, 6.45) is 1.59. The summed E-state index contributed by atoms with van der Waals surface area (Å²) in [5.74, 6) is 0.163. The summed E-state index contributed by atoms with van der Waals surface area (Å²) in [5.41, 5.74) is 2.58. The molecule has 0 saturated carbocycles. The van der Waals surface area contributed by atoms with Gasteiger partial charge in [-0.1, -0.05) is 38.1 Å². The zero-order valence-electron chi connectivity index (χ0n) is 16.1. The first-order valence-electron chi connectivity index (χ1n) is 9.15. The van der Waals surface area contributed by atoms with Gasteiger partial charge in [-0.25, -0.2) is 0 Å². The number of rotatable bonds is 5. The van der Waals surface area contributed by atoms with E-state index in [1.165, 1.54) is 10.5 Å². The molecule has 1 saturated heterocycles. The second kappa shape index (κ2) is 8.35. The summed E-state index contributed by atoms with van der Waals surface area (Å²) < 4.78 is 5.43. The van der Waals surface area contributed by atoms with Crippen molar-refractivity contribution in [1.29, 1.82) is 0 Å². The van der Waals surface area contributed by atoms with Crippen LogP contribution in [-0.2, 0) is 9.59 Å². The van der Waals surface area contributed by atoms with Gasteiger partial charge in [0.2, 0.25) is 0 Å². The maximum absolute atomic E-state index is 13.0. The highest BCUT2D eigenvalue weighted by molar-refractivity contribution is 7.80. The molecule has 3 rings (SSSR count). The Balaban J connectivity index is 1.91. The Hall–Kier alpha value is -2.99. The van der Waals surface area contributed by atoms with E-state index in [1.807, 2.05) is 31.2 Å². The number of amides is 2. The summed E-state index contributed by atoms with van der Waals surface area (Å²) in [5, 5.41) is 2.66. The monoisotopic (exact) mass is 394 g/mol. The Kier molecular flexibility index (Phi) is 5.90. The fraction of sp³-hybridized carbons (Fsp3) is 0.227. The Labute approximate surface area is 170 Å². The van der Waals surface area contributed by atoms with Crippen LogP contribution in [0, 0.1) is 0 Å². The van der Waals surface area contributed by atoms with Crippen LogP contribution in [0.3, 0.4) is 0 Å². The molecule has 0 aliphatic carbocycles. The molecule has 2 aromatic rings. The lowest BCUT2D eigenvalue weighted by Gasteiger charge is -2.29. The number of hydrogen-bond acceptors (Lipinski definition) is 4. The first kappa shape index (κ1) is 19.8. The predicted molar refractivity (Wildman–Crippen MR) is 114 cm³/mol. The van der Waals surface area contributed by atoms with E-state index in [4.69, 9.17) is 17.0 Å². The molecule has 5 nitrogen and oxygen atoms in total. The molecule has 1 aliphatic heterocycles. The molecule has 1 heterocycles. The van der Waals surface area contributed by atoms with Gasteiger partial charge in [-0.05, 0) is 66.5 Å². The smallest absolute Gasteiger partial charge is 0.270 e. The molecular weight excluding hydrogens is 372 g/mol. The molecule has 0 spiro atoms. The number of carbonyl (C=O) groups excluding carboxylic acids is 2. The first-order chi connectivity index (χ1) is 13.4. The number of nitrogens with zero attached hydrogens (tertiary/aromatic N) is 1. The Bertz CT molecular complexity index is 931. The highest BCUT2D eigenvalue weighted by Crippen LogP contribution is 2.25. The van der Waals surface area contributed by atoms with Crippen LogP contribution in [0.25, 0.3) is 6.08 Å². The lowest BCUT2D eigenvalue weighted by atomic mass is 10.0. The third kappa shape index (κ3) is 4.12. The zero-order chi connectivity index (χ0) is 20.3. The predicted octanol–water partition coefficient (Wildman–Crippen LogP) is 4.04. The molecular formula is C22H22N2O3S. The third-order valence-electron chi connectivity index (χ3n) is 4.42. The molecule has 28 heavy (non-hydrogen) atoms. The SMILES string of the molecule is CCOc1ccc(N2C(=O)C(=Cc3ccc(C(C)C)cc3)C(=O)NC2=S)cc1. The van der Waals surface area contributed by atoms with Crippen LogP contribution in [0.4, 0.5) is 5.69 Å². The number of benzene rings is 2. The van der Waals surface area contributed by atoms with E-state index < -0.39 is 11.8 Å². The summed E-state index contributed by atoms with van der Waals surface area (Å²) in [7, 11) is 0. The number of nitrogens with one attached hydrogen (secondary N) is 1. The minimum absolute atomic E-state index is 0.0415. The van der Waals surface area contributed by atoms with Crippen molar-refractivity contribution in [3.8, 4) is 5.75 Å². The van der Waals surface area contributed by atoms with Crippen molar-refractivity contribution < 1.29 is 14.3 Å². The molecule has 2 aromatic carbocycles. The van der Waals surface area contributed by atoms with Crippen LogP contribution in [0.5, 0.6) is 5.75 Å². The molecule has 0 bridgehead atoms. The quantitative estimate of drug-likeness (QED) is 0.472. The third-order valence-corrected chi connectivity index (χ3v) is 4.71. The maximum Gasteiger partial charge on any atom is 0.270 e. The maximum atomic E-state index is 13.0. The van der Waals surface area contributed by atoms with Crippen molar-refractivity contribution in [2.45, 2.75) is 26.7 Å². The number of thiocarbonyl (C=S) groups is 1. The highest BCUT2D eigenvalue weighted by atomic mass is 32.1. The van der Waals surface area contributed by atoms with Gasteiger partial charge in [0.25, 0.3) is 11.8 Å². The Morgan fingerprint density at radius 3 is 2.29 bits per heavy atom. The molecule has 1 N–H and O–H groups in total. The van der Waals surface area contributed by atoms with Gasteiger partial charge in [0, 0.05) is 0 Å². The van der Waals surface area contributed by atoms with E-state index in [1.54, 1.807) is 30.3 Å². The molecule has 1 aliphatic rings. The molecule has 144 valence electrons. The van der Waals surface area contributed by atoms with Crippen LogP contribution in [0.2, 0.25) is 0 Å². The fourth-order valence-corrected chi connectivity index (χ4v) is 3.17. The average molecular weight is 394 g/mol. The van der Waals surface area contributed by atoms with E-state index in [-0.39, 0.29) is 10.7 Å². The van der Waals surface area contributed by atoms with Gasteiger partial charge in [0.15, 0.2) is 5.11 Å². The van der Waals surface area contributed by atoms with Crippen molar-refractivity contribution in [1.82, 2.24) is 5.32 Å². The molecule has 0 unspecified atom stereocenters. The summed E-state index contributed by atoms with van der Waals surface area (Å²) in [6, 6.07) is 14.8.